The van der Waals surface area contributed by atoms with Crippen LogP contribution < -0.4 is 0 Å². The maximum atomic E-state index is 12.4. The van der Waals surface area contributed by atoms with Crippen molar-refractivity contribution >= 4 is 17.5 Å². The number of pyridine rings is 1. The van der Waals surface area contributed by atoms with Crippen molar-refractivity contribution < 1.29 is 4.79 Å². The lowest BCUT2D eigenvalue weighted by Crippen LogP contribution is -2.02. The van der Waals surface area contributed by atoms with Gasteiger partial charge in [0, 0.05) is 35.7 Å². The predicted octanol–water partition coefficient (Wildman–Crippen LogP) is 5.70. The first-order chi connectivity index (χ1) is 15.1. The molecule has 31 heavy (non-hydrogen) atoms. The first kappa shape index (κ1) is 21.0. The number of thioether (sulfide) groups is 1. The Hall–Kier alpha value is -3.25. The largest absolute Gasteiger partial charge is 0.294 e. The Morgan fingerprint density at radius 2 is 1.71 bits per heavy atom. The highest BCUT2D eigenvalue weighted by molar-refractivity contribution is 7.99. The average Bonchev–Trinajstić information content (AvgIpc) is 3.23. The molecule has 0 N–H and O–H groups in total. The van der Waals surface area contributed by atoms with Crippen molar-refractivity contribution in [3.63, 3.8) is 0 Å². The third kappa shape index (κ3) is 4.91. The number of carbonyl (C=O) groups is 1. The van der Waals surface area contributed by atoms with Gasteiger partial charge in [-0.1, -0.05) is 48.2 Å². The lowest BCUT2D eigenvalue weighted by molar-refractivity contribution is 0.0982. The van der Waals surface area contributed by atoms with Gasteiger partial charge in [0.05, 0.1) is 5.69 Å². The molecular formula is C25H24N4OS. The molecule has 0 atom stereocenters. The second-order valence-corrected chi connectivity index (χ2v) is 8.45. The van der Waals surface area contributed by atoms with Gasteiger partial charge in [-0.3, -0.25) is 14.3 Å². The first-order valence-corrected chi connectivity index (χ1v) is 11.3. The summed E-state index contributed by atoms with van der Waals surface area (Å²) in [6.45, 7) is 4.21. The van der Waals surface area contributed by atoms with Gasteiger partial charge in [0.15, 0.2) is 16.8 Å². The van der Waals surface area contributed by atoms with Gasteiger partial charge in [-0.2, -0.15) is 0 Å². The van der Waals surface area contributed by atoms with Gasteiger partial charge >= 0.3 is 0 Å². The molecule has 0 aliphatic carbocycles. The van der Waals surface area contributed by atoms with Gasteiger partial charge in [-0.15, -0.1) is 10.2 Å². The summed E-state index contributed by atoms with van der Waals surface area (Å²) < 4.78 is 2.09. The molecule has 0 saturated carbocycles. The van der Waals surface area contributed by atoms with Crippen LogP contribution in [0.2, 0.25) is 0 Å². The van der Waals surface area contributed by atoms with E-state index in [2.05, 4.69) is 51.8 Å². The summed E-state index contributed by atoms with van der Waals surface area (Å²) in [4.78, 5) is 16.5. The number of hydrogen-bond acceptors (Lipinski definition) is 5. The number of benzene rings is 2. The summed E-state index contributed by atoms with van der Waals surface area (Å²) in [7, 11) is 0. The van der Waals surface area contributed by atoms with E-state index in [1.807, 2.05) is 42.5 Å². The molecule has 156 valence electrons. The molecule has 0 radical (unpaired) electrons. The van der Waals surface area contributed by atoms with Crippen LogP contribution in [-0.2, 0) is 0 Å². The van der Waals surface area contributed by atoms with Gasteiger partial charge in [0.1, 0.15) is 0 Å². The van der Waals surface area contributed by atoms with E-state index >= 15 is 0 Å². The summed E-state index contributed by atoms with van der Waals surface area (Å²) in [5, 5.41) is 9.76. The molecule has 0 aliphatic heterocycles. The van der Waals surface area contributed by atoms with E-state index in [1.165, 1.54) is 11.1 Å². The monoisotopic (exact) mass is 428 g/mol. The van der Waals surface area contributed by atoms with E-state index < -0.39 is 0 Å². The Kier molecular flexibility index (Phi) is 6.57. The zero-order valence-electron chi connectivity index (χ0n) is 17.7. The first-order valence-electron chi connectivity index (χ1n) is 10.3. The smallest absolute Gasteiger partial charge is 0.196 e. The van der Waals surface area contributed by atoms with Crippen molar-refractivity contribution in [2.24, 2.45) is 0 Å². The normalized spacial score (nSPS) is 10.9. The lowest BCUT2D eigenvalue weighted by Gasteiger charge is -2.12. The van der Waals surface area contributed by atoms with Crippen LogP contribution in [0, 0.1) is 13.8 Å². The second kappa shape index (κ2) is 9.71. The quantitative estimate of drug-likeness (QED) is 0.205. The zero-order valence-corrected chi connectivity index (χ0v) is 18.5. The number of Topliss-reactive ketones (excluding diaryl/α,β-unsaturated/α-hetero) is 1. The highest BCUT2D eigenvalue weighted by Crippen LogP contribution is 2.29. The predicted molar refractivity (Wildman–Crippen MR) is 125 cm³/mol. The van der Waals surface area contributed by atoms with Crippen LogP contribution in [0.25, 0.3) is 17.1 Å². The zero-order chi connectivity index (χ0) is 21.6. The molecular weight excluding hydrogens is 404 g/mol. The van der Waals surface area contributed by atoms with E-state index in [-0.39, 0.29) is 5.78 Å². The van der Waals surface area contributed by atoms with Gasteiger partial charge in [0.2, 0.25) is 0 Å². The Bertz CT molecular complexity index is 1170. The molecule has 0 unspecified atom stereocenters. The van der Waals surface area contributed by atoms with Crippen LogP contribution in [0.15, 0.2) is 78.2 Å². The summed E-state index contributed by atoms with van der Waals surface area (Å²) >= 11 is 1.63. The molecule has 6 heteroatoms. The molecule has 0 aliphatic rings. The van der Waals surface area contributed by atoms with Crippen LogP contribution >= 0.6 is 11.8 Å². The van der Waals surface area contributed by atoms with Crippen LogP contribution in [0.3, 0.4) is 0 Å². The van der Waals surface area contributed by atoms with E-state index in [0.717, 1.165) is 40.0 Å². The van der Waals surface area contributed by atoms with Crippen molar-refractivity contribution in [3.8, 4) is 17.1 Å². The van der Waals surface area contributed by atoms with Crippen LogP contribution in [0.4, 0.5) is 0 Å². The van der Waals surface area contributed by atoms with Crippen LogP contribution in [0.1, 0.15) is 34.3 Å². The fourth-order valence-electron chi connectivity index (χ4n) is 3.31. The van der Waals surface area contributed by atoms with E-state index in [1.54, 1.807) is 24.2 Å². The number of carbonyl (C=O) groups excluding carboxylic acids is 1. The van der Waals surface area contributed by atoms with Gasteiger partial charge in [-0.25, -0.2) is 0 Å². The molecule has 0 fully saturated rings. The summed E-state index contributed by atoms with van der Waals surface area (Å²) in [5.74, 6) is 1.75. The van der Waals surface area contributed by atoms with Crippen molar-refractivity contribution in [1.29, 1.82) is 0 Å². The fraction of sp³-hybridized carbons (Fsp3) is 0.200. The molecule has 0 bridgehead atoms. The Morgan fingerprint density at radius 1 is 0.935 bits per heavy atom. The van der Waals surface area contributed by atoms with Crippen LogP contribution in [-0.4, -0.2) is 31.3 Å². The summed E-state index contributed by atoms with van der Waals surface area (Å²) in [6, 6.07) is 19.7. The highest BCUT2D eigenvalue weighted by Gasteiger charge is 2.17. The molecule has 0 spiro atoms. The molecule has 4 aromatic rings. The Balaban J connectivity index is 1.54. The van der Waals surface area contributed by atoms with E-state index in [4.69, 9.17) is 0 Å². The number of ketones is 1. The maximum absolute atomic E-state index is 12.4. The second-order valence-electron chi connectivity index (χ2n) is 7.39. The fourth-order valence-corrected chi connectivity index (χ4v) is 4.20. The third-order valence-electron chi connectivity index (χ3n) is 5.20. The Morgan fingerprint density at radius 3 is 2.45 bits per heavy atom. The molecule has 4 rings (SSSR count). The van der Waals surface area contributed by atoms with Gasteiger partial charge < -0.3 is 0 Å². The molecule has 2 aromatic heterocycles. The number of nitrogens with zero attached hydrogens (tertiary/aromatic N) is 4. The summed E-state index contributed by atoms with van der Waals surface area (Å²) in [5.41, 5.74) is 5.23. The Labute approximate surface area is 186 Å². The highest BCUT2D eigenvalue weighted by atomic mass is 32.2. The van der Waals surface area contributed by atoms with Gasteiger partial charge in [0.25, 0.3) is 0 Å². The minimum absolute atomic E-state index is 0.175. The van der Waals surface area contributed by atoms with Crippen molar-refractivity contribution in [3.05, 3.63) is 89.7 Å². The number of aryl methyl sites for hydroxylation is 2. The van der Waals surface area contributed by atoms with Crippen LogP contribution in [0.5, 0.6) is 0 Å². The topological polar surface area (TPSA) is 60.7 Å². The lowest BCUT2D eigenvalue weighted by atomic mass is 10.1. The molecule has 0 saturated heterocycles. The average molecular weight is 429 g/mol. The number of rotatable bonds is 8. The third-order valence-corrected chi connectivity index (χ3v) is 6.21. The SMILES string of the molecule is Cc1ccc(-n2c(SCCCC(=O)c3ccccc3)nnc2-c2ccncc2)cc1C. The van der Waals surface area contributed by atoms with Crippen molar-refractivity contribution in [2.75, 3.05) is 5.75 Å². The molecule has 2 heterocycles. The minimum atomic E-state index is 0.175. The van der Waals surface area contributed by atoms with E-state index in [9.17, 15) is 4.79 Å². The summed E-state index contributed by atoms with van der Waals surface area (Å²) in [6.07, 6.45) is 4.82. The maximum Gasteiger partial charge on any atom is 0.196 e. The van der Waals surface area contributed by atoms with Crippen molar-refractivity contribution in [2.45, 2.75) is 31.8 Å². The number of hydrogen-bond donors (Lipinski definition) is 0. The molecule has 2 aromatic carbocycles. The van der Waals surface area contributed by atoms with Crippen molar-refractivity contribution in [1.82, 2.24) is 19.7 Å². The number of aromatic nitrogens is 4. The standard InChI is InChI=1S/C25H24N4OS/c1-18-10-11-22(17-19(18)2)29-24(21-12-14-26-15-13-21)27-28-25(29)31-16-6-9-23(30)20-7-4-3-5-8-20/h3-5,7-8,10-15,17H,6,9,16H2,1-2H3. The molecule has 5 nitrogen and oxygen atoms in total. The minimum Gasteiger partial charge on any atom is -0.294 e. The molecule has 0 amide bonds. The van der Waals surface area contributed by atoms with E-state index in [0.29, 0.717) is 6.42 Å². The van der Waals surface area contributed by atoms with Gasteiger partial charge in [-0.05, 0) is 55.7 Å².